The van der Waals surface area contributed by atoms with Crippen LogP contribution < -0.4 is 11.3 Å². The Bertz CT molecular complexity index is 569. The number of H-pyrrole nitrogens is 1. The monoisotopic (exact) mass is 259 g/mol. The molecule has 4 heteroatoms. The van der Waals surface area contributed by atoms with Gasteiger partial charge in [-0.3, -0.25) is 14.6 Å². The second-order valence-corrected chi connectivity index (χ2v) is 4.80. The molecule has 2 rings (SSSR count). The minimum absolute atomic E-state index is 0.0866. The minimum Gasteiger partial charge on any atom is -0.393 e. The van der Waals surface area contributed by atoms with Gasteiger partial charge >= 0.3 is 0 Å². The van der Waals surface area contributed by atoms with Crippen LogP contribution in [0, 0.1) is 0 Å². The third kappa shape index (κ3) is 3.28. The summed E-state index contributed by atoms with van der Waals surface area (Å²) in [6, 6.07) is 10.3. The fourth-order valence-corrected chi connectivity index (χ4v) is 2.23. The number of anilines is 1. The van der Waals surface area contributed by atoms with Gasteiger partial charge < -0.3 is 5.73 Å². The molecule has 0 radical (unpaired) electrons. The highest BCUT2D eigenvalue weighted by Gasteiger charge is 2.09. The van der Waals surface area contributed by atoms with Gasteiger partial charge in [0.25, 0.3) is 5.56 Å². The fourth-order valence-electron chi connectivity index (χ4n) is 2.23. The zero-order valence-electron chi connectivity index (χ0n) is 11.4. The SMILES string of the molecule is CCCc1[nH]n(CCCc2ccccc2)c(=O)c1N. The van der Waals surface area contributed by atoms with E-state index in [-0.39, 0.29) is 5.56 Å². The maximum absolute atomic E-state index is 11.9. The number of aromatic amines is 1. The number of aromatic nitrogens is 2. The van der Waals surface area contributed by atoms with Crippen molar-refractivity contribution in [2.45, 2.75) is 39.2 Å². The smallest absolute Gasteiger partial charge is 0.289 e. The van der Waals surface area contributed by atoms with E-state index in [9.17, 15) is 4.79 Å². The van der Waals surface area contributed by atoms with Crippen molar-refractivity contribution in [2.24, 2.45) is 0 Å². The molecule has 0 bridgehead atoms. The molecule has 4 nitrogen and oxygen atoms in total. The number of hydrogen-bond acceptors (Lipinski definition) is 2. The highest BCUT2D eigenvalue weighted by molar-refractivity contribution is 5.40. The van der Waals surface area contributed by atoms with Crippen LogP contribution in [0.1, 0.15) is 31.0 Å². The maximum Gasteiger partial charge on any atom is 0.289 e. The van der Waals surface area contributed by atoms with Crippen LogP contribution in [0.25, 0.3) is 0 Å². The van der Waals surface area contributed by atoms with E-state index in [4.69, 9.17) is 5.73 Å². The van der Waals surface area contributed by atoms with Crippen LogP contribution in [-0.4, -0.2) is 9.78 Å². The number of aryl methyl sites for hydroxylation is 3. The highest BCUT2D eigenvalue weighted by Crippen LogP contribution is 2.07. The van der Waals surface area contributed by atoms with Gasteiger partial charge in [0.1, 0.15) is 5.69 Å². The summed E-state index contributed by atoms with van der Waals surface area (Å²) in [6.45, 7) is 2.76. The molecule has 0 unspecified atom stereocenters. The molecular weight excluding hydrogens is 238 g/mol. The molecule has 19 heavy (non-hydrogen) atoms. The number of nitrogen functional groups attached to an aromatic ring is 1. The number of hydrogen-bond donors (Lipinski definition) is 2. The summed E-state index contributed by atoms with van der Waals surface area (Å²) in [5.41, 5.74) is 8.26. The number of rotatable bonds is 6. The Morgan fingerprint density at radius 1 is 1.21 bits per heavy atom. The van der Waals surface area contributed by atoms with E-state index in [0.29, 0.717) is 12.2 Å². The zero-order valence-corrected chi connectivity index (χ0v) is 11.4. The molecule has 1 heterocycles. The number of benzene rings is 1. The lowest BCUT2D eigenvalue weighted by Crippen LogP contribution is -2.18. The van der Waals surface area contributed by atoms with Crippen LogP contribution in [0.5, 0.6) is 0 Å². The van der Waals surface area contributed by atoms with Crippen LogP contribution in [0.15, 0.2) is 35.1 Å². The second kappa shape index (κ2) is 6.27. The molecule has 0 saturated carbocycles. The molecule has 1 aromatic heterocycles. The van der Waals surface area contributed by atoms with Crippen molar-refractivity contribution in [3.8, 4) is 0 Å². The van der Waals surface area contributed by atoms with Gasteiger partial charge in [-0.25, -0.2) is 0 Å². The molecule has 0 aliphatic rings. The van der Waals surface area contributed by atoms with Crippen molar-refractivity contribution in [3.63, 3.8) is 0 Å². The van der Waals surface area contributed by atoms with Crippen molar-refractivity contribution in [1.29, 1.82) is 0 Å². The summed E-state index contributed by atoms with van der Waals surface area (Å²) in [7, 11) is 0. The van der Waals surface area contributed by atoms with Crippen molar-refractivity contribution < 1.29 is 0 Å². The Morgan fingerprint density at radius 3 is 2.63 bits per heavy atom. The van der Waals surface area contributed by atoms with Crippen LogP contribution >= 0.6 is 0 Å². The van der Waals surface area contributed by atoms with E-state index < -0.39 is 0 Å². The number of nitrogens with two attached hydrogens (primary N) is 1. The first-order chi connectivity index (χ1) is 9.22. The molecule has 2 aromatic rings. The maximum atomic E-state index is 11.9. The molecule has 0 aliphatic carbocycles. The van der Waals surface area contributed by atoms with Gasteiger partial charge in [-0.1, -0.05) is 43.7 Å². The zero-order chi connectivity index (χ0) is 13.7. The summed E-state index contributed by atoms with van der Waals surface area (Å²) < 4.78 is 1.63. The Labute approximate surface area is 113 Å². The molecule has 3 N–H and O–H groups in total. The third-order valence-corrected chi connectivity index (χ3v) is 3.26. The molecular formula is C15H21N3O. The Balaban J connectivity index is 1.96. The summed E-state index contributed by atoms with van der Waals surface area (Å²) in [6.07, 6.45) is 3.70. The molecule has 0 fully saturated rings. The van der Waals surface area contributed by atoms with Gasteiger partial charge in [0, 0.05) is 6.54 Å². The van der Waals surface area contributed by atoms with Crippen LogP contribution in [0.4, 0.5) is 5.69 Å². The predicted molar refractivity (Wildman–Crippen MR) is 78.2 cm³/mol. The molecule has 0 saturated heterocycles. The topological polar surface area (TPSA) is 63.8 Å². The first-order valence-corrected chi connectivity index (χ1v) is 6.83. The summed E-state index contributed by atoms with van der Waals surface area (Å²) in [5, 5.41) is 3.12. The second-order valence-electron chi connectivity index (χ2n) is 4.80. The lowest BCUT2D eigenvalue weighted by Gasteiger charge is -2.02. The van der Waals surface area contributed by atoms with Crippen molar-refractivity contribution in [2.75, 3.05) is 5.73 Å². The van der Waals surface area contributed by atoms with Crippen LogP contribution in [0.2, 0.25) is 0 Å². The number of nitrogens with one attached hydrogen (secondary N) is 1. The van der Waals surface area contributed by atoms with Crippen LogP contribution in [-0.2, 0) is 19.4 Å². The molecule has 0 amide bonds. The molecule has 102 valence electrons. The third-order valence-electron chi connectivity index (χ3n) is 3.26. The van der Waals surface area contributed by atoms with Gasteiger partial charge in [0.15, 0.2) is 0 Å². The Kier molecular flexibility index (Phi) is 4.44. The van der Waals surface area contributed by atoms with Crippen molar-refractivity contribution in [3.05, 3.63) is 51.9 Å². The van der Waals surface area contributed by atoms with Gasteiger partial charge in [0.2, 0.25) is 0 Å². The summed E-state index contributed by atoms with van der Waals surface area (Å²) in [5.74, 6) is 0. The van der Waals surface area contributed by atoms with E-state index in [1.54, 1.807) is 4.68 Å². The lowest BCUT2D eigenvalue weighted by molar-refractivity contribution is 0.557. The van der Waals surface area contributed by atoms with E-state index in [1.807, 2.05) is 18.2 Å². The average molecular weight is 259 g/mol. The molecule has 0 atom stereocenters. The molecule has 0 spiro atoms. The average Bonchev–Trinajstić information content (AvgIpc) is 2.69. The molecule has 0 aliphatic heterocycles. The van der Waals surface area contributed by atoms with Crippen molar-refractivity contribution in [1.82, 2.24) is 9.78 Å². The normalized spacial score (nSPS) is 10.8. The van der Waals surface area contributed by atoms with Gasteiger partial charge in [0.05, 0.1) is 5.69 Å². The Hall–Kier alpha value is -1.97. The summed E-state index contributed by atoms with van der Waals surface area (Å²) >= 11 is 0. The predicted octanol–water partition coefficient (Wildman–Crippen LogP) is 2.34. The first-order valence-electron chi connectivity index (χ1n) is 6.83. The number of nitrogens with zero attached hydrogens (tertiary/aromatic N) is 1. The quantitative estimate of drug-likeness (QED) is 0.836. The largest absolute Gasteiger partial charge is 0.393 e. The van der Waals surface area contributed by atoms with Crippen LogP contribution in [0.3, 0.4) is 0 Å². The molecule has 1 aromatic carbocycles. The van der Waals surface area contributed by atoms with Crippen molar-refractivity contribution >= 4 is 5.69 Å². The fraction of sp³-hybridized carbons (Fsp3) is 0.400. The van der Waals surface area contributed by atoms with Gasteiger partial charge in [-0.15, -0.1) is 0 Å². The Morgan fingerprint density at radius 2 is 1.95 bits per heavy atom. The van der Waals surface area contributed by atoms with E-state index in [2.05, 4.69) is 24.2 Å². The van der Waals surface area contributed by atoms with E-state index >= 15 is 0 Å². The van der Waals surface area contributed by atoms with E-state index in [0.717, 1.165) is 31.4 Å². The lowest BCUT2D eigenvalue weighted by atomic mass is 10.1. The highest BCUT2D eigenvalue weighted by atomic mass is 16.1. The van der Waals surface area contributed by atoms with Gasteiger partial charge in [-0.05, 0) is 24.8 Å². The standard InChI is InChI=1S/C15H21N3O/c1-2-7-13-14(16)15(19)18(17-13)11-6-10-12-8-4-3-5-9-12/h3-5,8-9,17H,2,6-7,10-11,16H2,1H3. The minimum atomic E-state index is -0.0866. The van der Waals surface area contributed by atoms with E-state index in [1.165, 1.54) is 5.56 Å². The van der Waals surface area contributed by atoms with Gasteiger partial charge in [-0.2, -0.15) is 0 Å². The first kappa shape index (κ1) is 13.5. The summed E-state index contributed by atoms with van der Waals surface area (Å²) in [4.78, 5) is 11.9.